The zero-order valence-electron chi connectivity index (χ0n) is 19.9. The van der Waals surface area contributed by atoms with E-state index >= 15 is 0 Å². The number of nitrogens with one attached hydrogen (secondary N) is 1. The minimum absolute atomic E-state index is 0.170. The van der Waals surface area contributed by atoms with Crippen LogP contribution < -0.4 is 4.90 Å². The maximum Gasteiger partial charge on any atom is 0.335 e. The van der Waals surface area contributed by atoms with Crippen LogP contribution >= 0.6 is 0 Å². The van der Waals surface area contributed by atoms with Gasteiger partial charge < -0.3 is 4.55 Å². The Balaban J connectivity index is 1.47. The van der Waals surface area contributed by atoms with Crippen LogP contribution in [0.25, 0.3) is 0 Å². The van der Waals surface area contributed by atoms with Gasteiger partial charge in [0.25, 0.3) is 0 Å². The quantitative estimate of drug-likeness (QED) is 0.190. The van der Waals surface area contributed by atoms with Crippen LogP contribution in [0, 0.1) is 0 Å². The van der Waals surface area contributed by atoms with Crippen molar-refractivity contribution in [3.8, 4) is 0 Å². The van der Waals surface area contributed by atoms with Crippen molar-refractivity contribution in [2.75, 3.05) is 6.54 Å². The second-order valence-corrected chi connectivity index (χ2v) is 10.5. The molecule has 180 valence electrons. The third-order valence-electron chi connectivity index (χ3n) is 6.20. The molecule has 1 aromatic rings. The van der Waals surface area contributed by atoms with E-state index in [1.807, 2.05) is 0 Å². The van der Waals surface area contributed by atoms with Crippen LogP contribution in [0.2, 0.25) is 0 Å². The molecule has 0 saturated carbocycles. The highest BCUT2D eigenvalue weighted by molar-refractivity contribution is 7.85. The Bertz CT molecular complexity index is 801. The van der Waals surface area contributed by atoms with Crippen LogP contribution in [-0.4, -0.2) is 30.4 Å². The van der Waals surface area contributed by atoms with Crippen LogP contribution in [0.5, 0.6) is 0 Å². The van der Waals surface area contributed by atoms with Gasteiger partial charge in [-0.2, -0.15) is 4.58 Å². The lowest BCUT2D eigenvalue weighted by atomic mass is 10.0. The number of nitrogens with zero attached hydrogens (tertiary/aromatic N) is 1. The Morgan fingerprint density at radius 3 is 1.78 bits per heavy atom. The lowest BCUT2D eigenvalue weighted by Crippen LogP contribution is -3.04. The smallest absolute Gasteiger partial charge is 0.335 e. The predicted molar refractivity (Wildman–Crippen MR) is 130 cm³/mol. The summed E-state index contributed by atoms with van der Waals surface area (Å²) in [5.74, 6) is 0. The van der Waals surface area contributed by atoms with Gasteiger partial charge in [-0.05, 0) is 18.6 Å². The van der Waals surface area contributed by atoms with E-state index in [1.165, 1.54) is 107 Å². The van der Waals surface area contributed by atoms with Gasteiger partial charge in [0.2, 0.25) is 6.20 Å². The Labute approximate surface area is 196 Å². The number of quaternary nitrogens is 1. The van der Waals surface area contributed by atoms with Gasteiger partial charge in [-0.1, -0.05) is 96.1 Å². The average Bonchev–Trinajstić information content (AvgIpc) is 3.21. The maximum atomic E-state index is 11.0. The summed E-state index contributed by atoms with van der Waals surface area (Å²) in [5.41, 5.74) is 1.01. The van der Waals surface area contributed by atoms with Gasteiger partial charge in [-0.3, -0.25) is 0 Å². The van der Waals surface area contributed by atoms with Crippen molar-refractivity contribution in [2.45, 2.75) is 108 Å². The molecule has 5 nitrogen and oxygen atoms in total. The SMILES string of the molecule is CCCCCCCCCCCCCCCC[N+]1=C[NH+](Cc2ccc(S(=O)(=O)[O-])cc2)C=C1. The monoisotopic (exact) mass is 463 g/mol. The summed E-state index contributed by atoms with van der Waals surface area (Å²) in [6.45, 7) is 4.06. The standard InChI is InChI=1S/C26H42N2O3S/c1-2-3-4-5-6-7-8-9-10-11-12-13-14-15-20-27-21-22-28(24-27)23-25-16-18-26(19-17-25)32(29,30)31/h16-19,21-22,24H,2-15,20,23H2,1H3/p+1. The van der Waals surface area contributed by atoms with Crippen molar-refractivity contribution >= 4 is 16.5 Å². The Hall–Kier alpha value is -1.50. The van der Waals surface area contributed by atoms with Crippen LogP contribution in [0.1, 0.15) is 102 Å². The Morgan fingerprint density at radius 2 is 1.28 bits per heavy atom. The Morgan fingerprint density at radius 1 is 0.781 bits per heavy atom. The van der Waals surface area contributed by atoms with Crippen LogP contribution in [0.4, 0.5) is 0 Å². The van der Waals surface area contributed by atoms with Gasteiger partial charge in [0.1, 0.15) is 16.7 Å². The number of hydrogen-bond donors (Lipinski definition) is 1. The molecule has 6 heteroatoms. The van der Waals surface area contributed by atoms with E-state index < -0.39 is 10.1 Å². The van der Waals surface area contributed by atoms with Crippen molar-refractivity contribution in [3.63, 3.8) is 0 Å². The van der Waals surface area contributed by atoms with Gasteiger partial charge in [-0.15, -0.1) is 0 Å². The number of rotatable bonds is 18. The highest BCUT2D eigenvalue weighted by atomic mass is 32.2. The van der Waals surface area contributed by atoms with Crippen molar-refractivity contribution in [1.82, 2.24) is 0 Å². The molecule has 1 aliphatic rings. The summed E-state index contributed by atoms with van der Waals surface area (Å²) in [7, 11) is -4.37. The van der Waals surface area contributed by atoms with Gasteiger partial charge in [0.15, 0.2) is 12.7 Å². The summed E-state index contributed by atoms with van der Waals surface area (Å²) in [5, 5.41) is 0. The van der Waals surface area contributed by atoms with E-state index in [4.69, 9.17) is 0 Å². The molecule has 0 saturated heterocycles. The largest absolute Gasteiger partial charge is 0.744 e. The van der Waals surface area contributed by atoms with E-state index in [0.717, 1.165) is 18.7 Å². The number of benzene rings is 1. The van der Waals surface area contributed by atoms with E-state index in [0.29, 0.717) is 0 Å². The maximum absolute atomic E-state index is 11.0. The molecule has 1 atom stereocenters. The van der Waals surface area contributed by atoms with Crippen molar-refractivity contribution in [1.29, 1.82) is 0 Å². The van der Waals surface area contributed by atoms with Gasteiger partial charge in [0.05, 0.1) is 4.90 Å². The number of unbranched alkanes of at least 4 members (excludes halogenated alkanes) is 13. The van der Waals surface area contributed by atoms with Crippen molar-refractivity contribution in [3.05, 3.63) is 42.2 Å². The fraction of sp³-hybridized carbons (Fsp3) is 0.654. The summed E-state index contributed by atoms with van der Waals surface area (Å²) in [4.78, 5) is 1.03. The van der Waals surface area contributed by atoms with E-state index in [-0.39, 0.29) is 4.90 Å². The molecule has 0 spiro atoms. The molecule has 0 bridgehead atoms. The van der Waals surface area contributed by atoms with Gasteiger partial charge in [0, 0.05) is 12.0 Å². The molecule has 0 aliphatic carbocycles. The lowest BCUT2D eigenvalue weighted by molar-refractivity contribution is -0.764. The predicted octanol–water partition coefficient (Wildman–Crippen LogP) is 4.98. The fourth-order valence-electron chi connectivity index (χ4n) is 4.23. The first-order valence-corrected chi connectivity index (χ1v) is 14.1. The van der Waals surface area contributed by atoms with E-state index in [9.17, 15) is 13.0 Å². The van der Waals surface area contributed by atoms with Gasteiger partial charge in [-0.25, -0.2) is 13.3 Å². The fourth-order valence-corrected chi connectivity index (χ4v) is 4.70. The average molecular weight is 464 g/mol. The first kappa shape index (κ1) is 26.7. The minimum Gasteiger partial charge on any atom is -0.744 e. The van der Waals surface area contributed by atoms with Crippen LogP contribution in [0.3, 0.4) is 0 Å². The molecular weight excluding hydrogens is 420 g/mol. The second kappa shape index (κ2) is 15.4. The Kier molecular flexibility index (Phi) is 12.8. The molecule has 2 rings (SSSR count). The molecule has 0 fully saturated rings. The van der Waals surface area contributed by atoms with E-state index in [2.05, 4.69) is 30.2 Å². The van der Waals surface area contributed by atoms with Crippen LogP contribution in [0.15, 0.2) is 41.6 Å². The second-order valence-electron chi connectivity index (χ2n) is 9.13. The molecule has 1 heterocycles. The van der Waals surface area contributed by atoms with Crippen molar-refractivity contribution < 1.29 is 22.4 Å². The minimum atomic E-state index is -4.37. The highest BCUT2D eigenvalue weighted by Gasteiger charge is 2.18. The number of hydrogen-bond acceptors (Lipinski definition) is 3. The summed E-state index contributed by atoms with van der Waals surface area (Å²) in [6.07, 6.45) is 25.7. The summed E-state index contributed by atoms with van der Waals surface area (Å²) in [6, 6.07) is 6.22. The summed E-state index contributed by atoms with van der Waals surface area (Å²) < 4.78 is 35.3. The molecular formula is C26H43N2O3S+. The first-order chi connectivity index (χ1) is 15.5. The highest BCUT2D eigenvalue weighted by Crippen LogP contribution is 2.13. The molecule has 1 aromatic carbocycles. The lowest BCUT2D eigenvalue weighted by Gasteiger charge is -2.08. The van der Waals surface area contributed by atoms with Gasteiger partial charge >= 0.3 is 6.34 Å². The zero-order valence-corrected chi connectivity index (χ0v) is 20.8. The molecule has 0 aromatic heterocycles. The molecule has 0 amide bonds. The van der Waals surface area contributed by atoms with Crippen LogP contribution in [-0.2, 0) is 16.7 Å². The summed E-state index contributed by atoms with van der Waals surface area (Å²) >= 11 is 0. The topological polar surface area (TPSA) is 64.7 Å². The normalized spacial score (nSPS) is 15.9. The molecule has 1 N–H and O–H groups in total. The molecule has 1 aliphatic heterocycles. The van der Waals surface area contributed by atoms with Crippen molar-refractivity contribution in [2.24, 2.45) is 0 Å². The molecule has 0 radical (unpaired) electrons. The third kappa shape index (κ3) is 11.4. The zero-order chi connectivity index (χ0) is 23.1. The third-order valence-corrected chi connectivity index (χ3v) is 7.05. The molecule has 32 heavy (non-hydrogen) atoms. The first-order valence-electron chi connectivity index (χ1n) is 12.7. The van der Waals surface area contributed by atoms with E-state index in [1.54, 1.807) is 12.1 Å². The molecule has 1 unspecified atom stereocenters.